The number of fused-ring (bicyclic) bond motifs is 3. The van der Waals surface area contributed by atoms with E-state index in [2.05, 4.69) is 9.97 Å². The molecule has 0 saturated carbocycles. The van der Waals surface area contributed by atoms with Crippen molar-refractivity contribution in [2.24, 2.45) is 0 Å². The van der Waals surface area contributed by atoms with Crippen LogP contribution >= 0.6 is 0 Å². The number of imidazole rings is 1. The molecule has 0 aliphatic carbocycles. The Labute approximate surface area is 162 Å². The average Bonchev–Trinajstić information content (AvgIpc) is 3.29. The number of nitro benzene ring substituents is 1. The van der Waals surface area contributed by atoms with Crippen molar-refractivity contribution in [1.29, 1.82) is 0 Å². The van der Waals surface area contributed by atoms with Crippen LogP contribution < -0.4 is 5.56 Å². The summed E-state index contributed by atoms with van der Waals surface area (Å²) < 4.78 is 7.88. The maximum Gasteiger partial charge on any atom is 0.326 e. The zero-order chi connectivity index (χ0) is 20.5. The van der Waals surface area contributed by atoms with E-state index in [1.807, 2.05) is 4.57 Å². The smallest absolute Gasteiger partial charge is 0.326 e. The summed E-state index contributed by atoms with van der Waals surface area (Å²) in [6, 6.07) is 4.97. The van der Waals surface area contributed by atoms with E-state index < -0.39 is 35.4 Å². The largest absolute Gasteiger partial charge is 0.456 e. The zero-order valence-corrected chi connectivity index (χ0v) is 15.1. The van der Waals surface area contributed by atoms with Crippen LogP contribution in [0, 0.1) is 10.1 Å². The third kappa shape index (κ3) is 3.49. The normalized spacial score (nSPS) is 12.7. The lowest BCUT2D eigenvalue weighted by Crippen LogP contribution is -2.27. The number of carbonyl (C=O) groups is 2. The number of hydrogen-bond donors (Lipinski definition) is 0. The highest BCUT2D eigenvalue weighted by Gasteiger charge is 2.21. The highest BCUT2D eigenvalue weighted by Crippen LogP contribution is 2.18. The number of non-ortho nitro benzene ring substituents is 1. The number of aromatic nitrogens is 4. The van der Waals surface area contributed by atoms with E-state index in [-0.39, 0.29) is 11.3 Å². The first-order chi connectivity index (χ1) is 13.9. The Kier molecular flexibility index (Phi) is 4.63. The Bertz CT molecular complexity index is 1190. The van der Waals surface area contributed by atoms with E-state index in [1.54, 1.807) is 0 Å². The Morgan fingerprint density at radius 2 is 2.00 bits per heavy atom. The van der Waals surface area contributed by atoms with Crippen LogP contribution in [0.2, 0.25) is 0 Å². The molecular formula is C18H15N5O6. The summed E-state index contributed by atoms with van der Waals surface area (Å²) in [4.78, 5) is 55.3. The molecule has 0 spiro atoms. The van der Waals surface area contributed by atoms with Gasteiger partial charge in [-0.25, -0.2) is 9.97 Å². The number of nitrogens with zero attached hydrogens (tertiary/aromatic N) is 5. The molecule has 2 aromatic heterocycles. The van der Waals surface area contributed by atoms with Crippen molar-refractivity contribution in [2.45, 2.75) is 25.9 Å². The number of hydrogen-bond acceptors (Lipinski definition) is 8. The minimum absolute atomic E-state index is 0.146. The third-order valence-electron chi connectivity index (χ3n) is 4.66. The standard InChI is InChI=1S/C18H15N5O6/c24-13(11-3-5-12(6-4-11)23(27)28)9-29-15(25)8-21-10-19-17-16(18(21)26)22-7-1-2-14(22)20-17/h3-6,10H,1-2,7-9H2. The topological polar surface area (TPSA) is 139 Å². The molecule has 1 aromatic carbocycles. The fourth-order valence-corrected chi connectivity index (χ4v) is 3.22. The molecule has 4 rings (SSSR count). The van der Waals surface area contributed by atoms with Crippen molar-refractivity contribution in [3.05, 3.63) is 62.4 Å². The zero-order valence-electron chi connectivity index (χ0n) is 15.1. The van der Waals surface area contributed by atoms with E-state index in [0.29, 0.717) is 17.7 Å². The Morgan fingerprint density at radius 1 is 1.24 bits per heavy atom. The van der Waals surface area contributed by atoms with Crippen molar-refractivity contribution in [3.63, 3.8) is 0 Å². The van der Waals surface area contributed by atoms with E-state index in [9.17, 15) is 24.5 Å². The monoisotopic (exact) mass is 397 g/mol. The molecule has 3 heterocycles. The summed E-state index contributed by atoms with van der Waals surface area (Å²) in [5.41, 5.74) is 0.345. The third-order valence-corrected chi connectivity index (χ3v) is 4.66. The maximum absolute atomic E-state index is 12.7. The van der Waals surface area contributed by atoms with Crippen LogP contribution in [0.15, 0.2) is 35.4 Å². The molecule has 0 saturated heterocycles. The van der Waals surface area contributed by atoms with Crippen LogP contribution in [0.25, 0.3) is 11.2 Å². The van der Waals surface area contributed by atoms with E-state index in [0.717, 1.165) is 23.2 Å². The molecule has 0 N–H and O–H groups in total. The molecule has 148 valence electrons. The molecule has 11 nitrogen and oxygen atoms in total. The van der Waals surface area contributed by atoms with Gasteiger partial charge < -0.3 is 9.30 Å². The lowest BCUT2D eigenvalue weighted by molar-refractivity contribution is -0.384. The Balaban J connectivity index is 1.42. The van der Waals surface area contributed by atoms with Gasteiger partial charge in [-0.3, -0.25) is 29.1 Å². The number of esters is 1. The van der Waals surface area contributed by atoms with Crippen molar-refractivity contribution in [1.82, 2.24) is 19.1 Å². The lowest BCUT2D eigenvalue weighted by Gasteiger charge is -2.07. The molecule has 1 aliphatic heterocycles. The summed E-state index contributed by atoms with van der Waals surface area (Å²) >= 11 is 0. The fraction of sp³-hybridized carbons (Fsp3) is 0.278. The van der Waals surface area contributed by atoms with Crippen molar-refractivity contribution < 1.29 is 19.2 Å². The number of rotatable bonds is 6. The van der Waals surface area contributed by atoms with Crippen molar-refractivity contribution in [2.75, 3.05) is 6.61 Å². The summed E-state index contributed by atoms with van der Waals surface area (Å²) in [6.07, 6.45) is 2.91. The van der Waals surface area contributed by atoms with Crippen LogP contribution in [0.4, 0.5) is 5.69 Å². The lowest BCUT2D eigenvalue weighted by atomic mass is 10.1. The van der Waals surface area contributed by atoms with Crippen LogP contribution in [0.5, 0.6) is 0 Å². The molecule has 1 aliphatic rings. The second-order valence-corrected chi connectivity index (χ2v) is 6.52. The SMILES string of the molecule is O=C(Cn1cnc2nc3n(c2c1=O)CCC3)OCC(=O)c1ccc([N+](=O)[O-])cc1. The van der Waals surface area contributed by atoms with Crippen LogP contribution in [0.1, 0.15) is 22.6 Å². The summed E-state index contributed by atoms with van der Waals surface area (Å²) in [6.45, 7) is -0.250. The minimum Gasteiger partial charge on any atom is -0.456 e. The van der Waals surface area contributed by atoms with Gasteiger partial charge in [0.15, 0.2) is 23.6 Å². The van der Waals surface area contributed by atoms with Crippen molar-refractivity contribution >= 4 is 28.6 Å². The first-order valence-corrected chi connectivity index (χ1v) is 8.82. The van der Waals surface area contributed by atoms with Crippen LogP contribution in [-0.2, 0) is 29.0 Å². The number of nitro groups is 1. The van der Waals surface area contributed by atoms with Gasteiger partial charge in [0.2, 0.25) is 0 Å². The summed E-state index contributed by atoms with van der Waals surface area (Å²) in [7, 11) is 0. The highest BCUT2D eigenvalue weighted by atomic mass is 16.6. The average molecular weight is 397 g/mol. The number of ether oxygens (including phenoxy) is 1. The van der Waals surface area contributed by atoms with Gasteiger partial charge in [-0.2, -0.15) is 0 Å². The van der Waals surface area contributed by atoms with E-state index in [4.69, 9.17) is 4.74 Å². The minimum atomic E-state index is -0.773. The van der Waals surface area contributed by atoms with Gasteiger partial charge in [0.1, 0.15) is 18.7 Å². The van der Waals surface area contributed by atoms with Gasteiger partial charge in [-0.05, 0) is 18.6 Å². The number of Topliss-reactive ketones (excluding diaryl/α,β-unsaturated/α-hetero) is 1. The second kappa shape index (κ2) is 7.26. The molecule has 0 amide bonds. The van der Waals surface area contributed by atoms with Gasteiger partial charge in [0, 0.05) is 30.7 Å². The highest BCUT2D eigenvalue weighted by molar-refractivity contribution is 5.98. The molecule has 0 bridgehead atoms. The molecule has 0 atom stereocenters. The Hall–Kier alpha value is -3.89. The molecule has 0 fully saturated rings. The number of benzene rings is 1. The van der Waals surface area contributed by atoms with Gasteiger partial charge in [-0.1, -0.05) is 0 Å². The molecule has 3 aromatic rings. The quantitative estimate of drug-likeness (QED) is 0.258. The Morgan fingerprint density at radius 3 is 2.72 bits per heavy atom. The van der Waals surface area contributed by atoms with Crippen LogP contribution in [0.3, 0.4) is 0 Å². The van der Waals surface area contributed by atoms with E-state index in [1.165, 1.54) is 30.6 Å². The number of aryl methyl sites for hydroxylation is 2. The van der Waals surface area contributed by atoms with Gasteiger partial charge >= 0.3 is 5.97 Å². The first kappa shape index (κ1) is 18.5. The molecule has 0 radical (unpaired) electrons. The first-order valence-electron chi connectivity index (χ1n) is 8.82. The number of ketones is 1. The number of carbonyl (C=O) groups excluding carboxylic acids is 2. The second-order valence-electron chi connectivity index (χ2n) is 6.52. The molecular weight excluding hydrogens is 382 g/mol. The van der Waals surface area contributed by atoms with Crippen molar-refractivity contribution in [3.8, 4) is 0 Å². The van der Waals surface area contributed by atoms with Gasteiger partial charge in [0.25, 0.3) is 11.2 Å². The van der Waals surface area contributed by atoms with Crippen LogP contribution in [-0.4, -0.2) is 42.4 Å². The maximum atomic E-state index is 12.7. The molecule has 29 heavy (non-hydrogen) atoms. The predicted octanol–water partition coefficient (Wildman–Crippen LogP) is 0.874. The summed E-state index contributed by atoms with van der Waals surface area (Å²) in [5, 5.41) is 10.6. The molecule has 11 heteroatoms. The predicted molar refractivity (Wildman–Crippen MR) is 98.5 cm³/mol. The molecule has 0 unspecified atom stereocenters. The summed E-state index contributed by atoms with van der Waals surface area (Å²) in [5.74, 6) is -0.480. The fourth-order valence-electron chi connectivity index (χ4n) is 3.22. The van der Waals surface area contributed by atoms with Gasteiger partial charge in [0.05, 0.1) is 4.92 Å². The van der Waals surface area contributed by atoms with E-state index >= 15 is 0 Å². The van der Waals surface area contributed by atoms with Gasteiger partial charge in [-0.15, -0.1) is 0 Å².